The Kier molecular flexibility index (Phi) is 4.45. The predicted molar refractivity (Wildman–Crippen MR) is 66.6 cm³/mol. The Morgan fingerprint density at radius 2 is 2.41 bits per heavy atom. The second-order valence-electron chi connectivity index (χ2n) is 4.70. The zero-order valence-electron chi connectivity index (χ0n) is 10.6. The van der Waals surface area contributed by atoms with Gasteiger partial charge in [-0.05, 0) is 26.3 Å². The average Bonchev–Trinajstić information content (AvgIpc) is 2.78. The van der Waals surface area contributed by atoms with Crippen LogP contribution in [0, 0.1) is 5.92 Å². The number of ether oxygens (including phenoxy) is 1. The van der Waals surface area contributed by atoms with Crippen LogP contribution in [-0.2, 0) is 4.74 Å². The van der Waals surface area contributed by atoms with Crippen molar-refractivity contribution in [1.82, 2.24) is 15.3 Å². The lowest BCUT2D eigenvalue weighted by atomic mass is 9.94. The smallest absolute Gasteiger partial charge is 0.0759 e. The van der Waals surface area contributed by atoms with Crippen LogP contribution >= 0.6 is 0 Å². The van der Waals surface area contributed by atoms with Crippen LogP contribution in [-0.4, -0.2) is 29.2 Å². The highest BCUT2D eigenvalue weighted by atomic mass is 16.5. The van der Waals surface area contributed by atoms with Gasteiger partial charge in [-0.25, -0.2) is 0 Å². The summed E-state index contributed by atoms with van der Waals surface area (Å²) in [5.74, 6) is 0.508. The molecule has 3 unspecified atom stereocenters. The van der Waals surface area contributed by atoms with Crippen LogP contribution in [0.3, 0.4) is 0 Å². The van der Waals surface area contributed by atoms with Gasteiger partial charge in [0.15, 0.2) is 0 Å². The maximum atomic E-state index is 5.66. The van der Waals surface area contributed by atoms with E-state index in [2.05, 4.69) is 29.1 Å². The van der Waals surface area contributed by atoms with Crippen LogP contribution in [0.1, 0.15) is 38.4 Å². The molecule has 3 atom stereocenters. The van der Waals surface area contributed by atoms with Crippen LogP contribution in [0.4, 0.5) is 0 Å². The second kappa shape index (κ2) is 6.07. The van der Waals surface area contributed by atoms with Crippen molar-refractivity contribution in [3.63, 3.8) is 0 Å². The third kappa shape index (κ3) is 3.23. The molecule has 2 heterocycles. The number of hydrogen-bond acceptors (Lipinski definition) is 4. The van der Waals surface area contributed by atoms with Gasteiger partial charge in [-0.3, -0.25) is 9.97 Å². The number of hydrogen-bond donors (Lipinski definition) is 1. The fraction of sp³-hybridized carbons (Fsp3) is 0.692. The lowest BCUT2D eigenvalue weighted by Gasteiger charge is -2.22. The molecule has 1 aromatic heterocycles. The van der Waals surface area contributed by atoms with Gasteiger partial charge >= 0.3 is 0 Å². The van der Waals surface area contributed by atoms with Gasteiger partial charge in [-0.1, -0.05) is 6.92 Å². The van der Waals surface area contributed by atoms with Gasteiger partial charge < -0.3 is 10.1 Å². The van der Waals surface area contributed by atoms with E-state index in [4.69, 9.17) is 4.74 Å². The molecule has 1 N–H and O–H groups in total. The molecular weight excluding hydrogens is 214 g/mol. The number of aromatic nitrogens is 2. The summed E-state index contributed by atoms with van der Waals surface area (Å²) in [5.41, 5.74) is 1.03. The van der Waals surface area contributed by atoms with E-state index < -0.39 is 0 Å². The first-order valence-electron chi connectivity index (χ1n) is 6.42. The molecular formula is C13H21N3O. The Morgan fingerprint density at radius 3 is 3.00 bits per heavy atom. The molecule has 1 fully saturated rings. The van der Waals surface area contributed by atoms with Gasteiger partial charge in [0.2, 0.25) is 0 Å². The Balaban J connectivity index is 2.08. The summed E-state index contributed by atoms with van der Waals surface area (Å²) < 4.78 is 5.66. The van der Waals surface area contributed by atoms with E-state index in [-0.39, 0.29) is 6.04 Å². The molecule has 94 valence electrons. The molecule has 0 amide bonds. The molecule has 0 bridgehead atoms. The lowest BCUT2D eigenvalue weighted by Crippen LogP contribution is -2.30. The number of rotatable bonds is 5. The van der Waals surface area contributed by atoms with E-state index in [1.54, 1.807) is 12.4 Å². The van der Waals surface area contributed by atoms with Crippen molar-refractivity contribution in [3.05, 3.63) is 24.3 Å². The Hall–Kier alpha value is -1.00. The highest BCUT2D eigenvalue weighted by Crippen LogP contribution is 2.30. The summed E-state index contributed by atoms with van der Waals surface area (Å²) in [6, 6.07) is 0.272. The third-order valence-electron chi connectivity index (χ3n) is 3.22. The summed E-state index contributed by atoms with van der Waals surface area (Å²) in [4.78, 5) is 8.58. The second-order valence-corrected chi connectivity index (χ2v) is 4.70. The summed E-state index contributed by atoms with van der Waals surface area (Å²) in [6.45, 7) is 6.13. The molecule has 0 aromatic carbocycles. The quantitative estimate of drug-likeness (QED) is 0.847. The zero-order valence-corrected chi connectivity index (χ0v) is 10.6. The molecule has 1 aliphatic heterocycles. The number of nitrogens with zero attached hydrogens (tertiary/aromatic N) is 2. The van der Waals surface area contributed by atoms with Crippen molar-refractivity contribution in [2.24, 2.45) is 5.92 Å². The molecule has 2 rings (SSSR count). The van der Waals surface area contributed by atoms with Crippen molar-refractivity contribution in [1.29, 1.82) is 0 Å². The first-order valence-corrected chi connectivity index (χ1v) is 6.42. The van der Waals surface area contributed by atoms with Crippen molar-refractivity contribution in [2.75, 3.05) is 13.2 Å². The molecule has 0 saturated carbocycles. The Morgan fingerprint density at radius 1 is 1.53 bits per heavy atom. The molecule has 0 aliphatic carbocycles. The molecule has 17 heavy (non-hydrogen) atoms. The summed E-state index contributed by atoms with van der Waals surface area (Å²) in [5, 5.41) is 3.57. The van der Waals surface area contributed by atoms with E-state index in [9.17, 15) is 0 Å². The van der Waals surface area contributed by atoms with Crippen molar-refractivity contribution in [3.8, 4) is 0 Å². The minimum absolute atomic E-state index is 0.272. The van der Waals surface area contributed by atoms with Gasteiger partial charge in [-0.15, -0.1) is 0 Å². The highest BCUT2D eigenvalue weighted by Gasteiger charge is 2.31. The van der Waals surface area contributed by atoms with Gasteiger partial charge in [0.1, 0.15) is 0 Å². The fourth-order valence-electron chi connectivity index (χ4n) is 2.37. The molecule has 0 radical (unpaired) electrons. The van der Waals surface area contributed by atoms with E-state index in [0.717, 1.165) is 31.7 Å². The van der Waals surface area contributed by atoms with Crippen molar-refractivity contribution >= 4 is 0 Å². The van der Waals surface area contributed by atoms with Gasteiger partial charge in [0.25, 0.3) is 0 Å². The van der Waals surface area contributed by atoms with Crippen LogP contribution in [0.2, 0.25) is 0 Å². The molecule has 1 saturated heterocycles. The van der Waals surface area contributed by atoms with Crippen LogP contribution in [0.15, 0.2) is 18.6 Å². The van der Waals surface area contributed by atoms with Crippen molar-refractivity contribution < 1.29 is 4.74 Å². The average molecular weight is 235 g/mol. The maximum absolute atomic E-state index is 5.66. The predicted octanol–water partition coefficient (Wildman–Crippen LogP) is 1.94. The number of nitrogens with one attached hydrogen (secondary N) is 1. The van der Waals surface area contributed by atoms with E-state index in [0.29, 0.717) is 12.0 Å². The van der Waals surface area contributed by atoms with Gasteiger partial charge in [0.05, 0.1) is 24.4 Å². The van der Waals surface area contributed by atoms with Crippen LogP contribution < -0.4 is 5.32 Å². The molecule has 0 spiro atoms. The van der Waals surface area contributed by atoms with Crippen LogP contribution in [0.5, 0.6) is 0 Å². The fourth-order valence-corrected chi connectivity index (χ4v) is 2.37. The van der Waals surface area contributed by atoms with E-state index >= 15 is 0 Å². The van der Waals surface area contributed by atoms with Crippen LogP contribution in [0.25, 0.3) is 0 Å². The Bertz CT molecular complexity index is 331. The normalized spacial score (nSPS) is 26.0. The highest BCUT2D eigenvalue weighted by molar-refractivity contribution is 5.05. The van der Waals surface area contributed by atoms with Gasteiger partial charge in [-0.2, -0.15) is 0 Å². The molecule has 4 nitrogen and oxygen atoms in total. The summed E-state index contributed by atoms with van der Waals surface area (Å²) >= 11 is 0. The summed E-state index contributed by atoms with van der Waals surface area (Å²) in [6.07, 6.45) is 7.92. The minimum Gasteiger partial charge on any atom is -0.378 e. The SMILES string of the molecule is CCCNC(c1cnccn1)C1COC(C)C1. The molecule has 1 aromatic rings. The van der Waals surface area contributed by atoms with Crippen molar-refractivity contribution in [2.45, 2.75) is 38.8 Å². The van der Waals surface area contributed by atoms with Gasteiger partial charge in [0, 0.05) is 24.5 Å². The standard InChI is InChI=1S/C13H21N3O/c1-3-4-16-13(11-7-10(2)17-9-11)12-8-14-5-6-15-12/h5-6,8,10-11,13,16H,3-4,7,9H2,1-2H3. The first kappa shape index (κ1) is 12.5. The van der Waals surface area contributed by atoms with E-state index in [1.165, 1.54) is 0 Å². The van der Waals surface area contributed by atoms with E-state index in [1.807, 2.05) is 6.20 Å². The first-order chi connectivity index (χ1) is 8.31. The maximum Gasteiger partial charge on any atom is 0.0759 e. The molecule has 4 heteroatoms. The monoisotopic (exact) mass is 235 g/mol. The molecule has 1 aliphatic rings. The largest absolute Gasteiger partial charge is 0.378 e. The summed E-state index contributed by atoms with van der Waals surface area (Å²) in [7, 11) is 0. The third-order valence-corrected chi connectivity index (χ3v) is 3.22. The zero-order chi connectivity index (χ0) is 12.1. The minimum atomic E-state index is 0.272. The topological polar surface area (TPSA) is 47.0 Å². The lowest BCUT2D eigenvalue weighted by molar-refractivity contribution is 0.116. The Labute approximate surface area is 103 Å².